The summed E-state index contributed by atoms with van der Waals surface area (Å²) in [5.41, 5.74) is 0. The van der Waals surface area contributed by atoms with Crippen molar-refractivity contribution in [1.29, 1.82) is 0 Å². The van der Waals surface area contributed by atoms with Crippen molar-refractivity contribution in [2.45, 2.75) is 13.3 Å². The Hall–Kier alpha value is 0.582. The van der Waals surface area contributed by atoms with Crippen LogP contribution in [0.25, 0.3) is 0 Å². The maximum absolute atomic E-state index is 9.94. The number of rotatable bonds is 1. The van der Waals surface area contributed by atoms with Gasteiger partial charge in [0.15, 0.2) is 0 Å². The van der Waals surface area contributed by atoms with Crippen molar-refractivity contribution >= 4 is 22.6 Å². The van der Waals surface area contributed by atoms with Gasteiger partial charge in [-0.3, -0.25) is 0 Å². The van der Waals surface area contributed by atoms with Crippen LogP contribution in [-0.2, 0) is 8.58 Å². The SMILES string of the molecule is CCC(=O)[O][Al+2].[Cl-].[Cl-]. The van der Waals surface area contributed by atoms with E-state index in [1.807, 2.05) is 16.6 Å². The van der Waals surface area contributed by atoms with Crippen LogP contribution < -0.4 is 24.8 Å². The van der Waals surface area contributed by atoms with Crippen LogP contribution in [0.4, 0.5) is 0 Å². The Kier molecular flexibility index (Phi) is 20.9. The molecule has 0 aliphatic heterocycles. The first kappa shape index (κ1) is 15.8. The van der Waals surface area contributed by atoms with Gasteiger partial charge in [0.1, 0.15) is 0 Å². The predicted octanol–water partition coefficient (Wildman–Crippen LogP) is -5.97. The Morgan fingerprint density at radius 2 is 2.00 bits per heavy atom. The summed E-state index contributed by atoms with van der Waals surface area (Å²) in [6, 6.07) is 0. The topological polar surface area (TPSA) is 26.3 Å². The molecule has 0 aliphatic rings. The van der Waals surface area contributed by atoms with Gasteiger partial charge in [-0.25, -0.2) is 0 Å². The molecule has 0 rings (SSSR count). The quantitative estimate of drug-likeness (QED) is 0.367. The number of halogens is 2. The Morgan fingerprint density at radius 3 is 2.00 bits per heavy atom. The minimum absolute atomic E-state index is 0. The molecule has 0 amide bonds. The molecule has 2 nitrogen and oxygen atoms in total. The Labute approximate surface area is 69.5 Å². The third-order valence-electron chi connectivity index (χ3n) is 0.420. The predicted molar refractivity (Wildman–Crippen MR) is 22.1 cm³/mol. The molecule has 0 saturated carbocycles. The second kappa shape index (κ2) is 10.5. The van der Waals surface area contributed by atoms with Gasteiger partial charge in [-0.1, -0.05) is 0 Å². The molecule has 0 aromatic heterocycles. The van der Waals surface area contributed by atoms with Gasteiger partial charge in [-0.2, -0.15) is 0 Å². The van der Waals surface area contributed by atoms with Crippen molar-refractivity contribution in [1.82, 2.24) is 0 Å². The molecule has 0 radical (unpaired) electrons. The van der Waals surface area contributed by atoms with Crippen LogP contribution in [-0.4, -0.2) is 22.6 Å². The fourth-order valence-electron chi connectivity index (χ4n) is 0.0833. The van der Waals surface area contributed by atoms with Gasteiger partial charge in [0.05, 0.1) is 0 Å². The first-order chi connectivity index (χ1) is 2.81. The summed E-state index contributed by atoms with van der Waals surface area (Å²) in [4.78, 5) is 9.94. The van der Waals surface area contributed by atoms with Gasteiger partial charge in [0, 0.05) is 0 Å². The maximum Gasteiger partial charge on any atom is -1.00 e. The monoisotopic (exact) mass is 170 g/mol. The van der Waals surface area contributed by atoms with Crippen LogP contribution in [0, 0.1) is 0 Å². The second-order valence-electron chi connectivity index (χ2n) is 0.843. The maximum atomic E-state index is 9.94. The van der Waals surface area contributed by atoms with E-state index in [4.69, 9.17) is 0 Å². The Bertz CT molecular complexity index is 53.2. The largest absolute Gasteiger partial charge is 1.00 e. The first-order valence-corrected chi connectivity index (χ1v) is 2.18. The summed E-state index contributed by atoms with van der Waals surface area (Å²) >= 11 is 1.89. The number of carbonyl (C=O) groups is 1. The zero-order valence-electron chi connectivity index (χ0n) is 4.36. The molecule has 5 heteroatoms. The molecule has 0 saturated heterocycles. The summed E-state index contributed by atoms with van der Waals surface area (Å²) in [5.74, 6) is -0.194. The van der Waals surface area contributed by atoms with E-state index in [0.29, 0.717) is 6.42 Å². The van der Waals surface area contributed by atoms with E-state index in [9.17, 15) is 4.79 Å². The smallest absolute Gasteiger partial charge is 1.00 e. The molecule has 0 aromatic rings. The average Bonchev–Trinajstić information content (AvgIpc) is 1.65. The van der Waals surface area contributed by atoms with Crippen LogP contribution in [0.5, 0.6) is 0 Å². The zero-order chi connectivity index (χ0) is 4.99. The van der Waals surface area contributed by atoms with E-state index < -0.39 is 0 Å². The number of carbonyl (C=O) groups excluding carboxylic acids is 1. The molecule has 0 unspecified atom stereocenters. The minimum atomic E-state index is -0.194. The van der Waals surface area contributed by atoms with Crippen molar-refractivity contribution in [2.24, 2.45) is 0 Å². The molecule has 0 bridgehead atoms. The van der Waals surface area contributed by atoms with E-state index in [-0.39, 0.29) is 30.8 Å². The van der Waals surface area contributed by atoms with Crippen LogP contribution in [0.2, 0.25) is 0 Å². The van der Waals surface area contributed by atoms with Gasteiger partial charge in [0.2, 0.25) is 0 Å². The van der Waals surface area contributed by atoms with Crippen LogP contribution in [0.1, 0.15) is 13.3 Å². The van der Waals surface area contributed by atoms with Crippen molar-refractivity contribution in [3.8, 4) is 0 Å². The summed E-state index contributed by atoms with van der Waals surface area (Å²) < 4.78 is 4.18. The molecule has 0 heterocycles. The molecule has 0 N–H and O–H groups in total. The molecule has 0 aliphatic carbocycles. The van der Waals surface area contributed by atoms with Crippen LogP contribution in [0.15, 0.2) is 0 Å². The van der Waals surface area contributed by atoms with Gasteiger partial charge in [-0.05, 0) is 0 Å². The van der Waals surface area contributed by atoms with E-state index in [0.717, 1.165) is 0 Å². The number of hydrogen-bond acceptors (Lipinski definition) is 2. The van der Waals surface area contributed by atoms with Crippen molar-refractivity contribution < 1.29 is 33.4 Å². The Balaban J connectivity index is -0.000000125. The minimum Gasteiger partial charge on any atom is -1.00 e. The average molecular weight is 171 g/mol. The number of hydrogen-bond donors (Lipinski definition) is 0. The van der Waals surface area contributed by atoms with Crippen LogP contribution in [0.3, 0.4) is 0 Å². The Morgan fingerprint density at radius 1 is 1.62 bits per heavy atom. The second-order valence-corrected chi connectivity index (χ2v) is 1.08. The van der Waals surface area contributed by atoms with Gasteiger partial charge in [0.25, 0.3) is 0 Å². The standard InChI is InChI=1S/C3H6O2.Al.2ClH/c1-2-3(4)5;;;/h2H2,1H3,(H,4,5);;2*1H/q;+3;;/p-3. The van der Waals surface area contributed by atoms with E-state index >= 15 is 0 Å². The summed E-state index contributed by atoms with van der Waals surface area (Å²) in [7, 11) is 0. The third-order valence-corrected chi connectivity index (χ3v) is 0.683. The van der Waals surface area contributed by atoms with Gasteiger partial charge < -0.3 is 24.8 Å². The molecule has 8 heavy (non-hydrogen) atoms. The fraction of sp³-hybridized carbons (Fsp3) is 0.667. The molecule has 46 valence electrons. The fourth-order valence-corrected chi connectivity index (χ4v) is 0.250. The van der Waals surface area contributed by atoms with E-state index in [1.165, 1.54) is 0 Å². The van der Waals surface area contributed by atoms with Crippen molar-refractivity contribution in [3.05, 3.63) is 0 Å². The summed E-state index contributed by atoms with van der Waals surface area (Å²) in [6.07, 6.45) is 0.448. The zero-order valence-corrected chi connectivity index (χ0v) is 7.02. The van der Waals surface area contributed by atoms with Crippen molar-refractivity contribution in [2.75, 3.05) is 0 Å². The molecular formula is C3H5AlCl2O2. The molecule has 0 aromatic carbocycles. The van der Waals surface area contributed by atoms with Gasteiger partial charge in [-0.15, -0.1) is 0 Å². The van der Waals surface area contributed by atoms with Gasteiger partial charge >= 0.3 is 44.5 Å². The molecule has 0 atom stereocenters. The van der Waals surface area contributed by atoms with Crippen LogP contribution >= 0.6 is 0 Å². The first-order valence-electron chi connectivity index (χ1n) is 1.70. The van der Waals surface area contributed by atoms with Crippen molar-refractivity contribution in [3.63, 3.8) is 0 Å². The summed E-state index contributed by atoms with van der Waals surface area (Å²) in [6.45, 7) is 1.74. The molecule has 0 spiro atoms. The summed E-state index contributed by atoms with van der Waals surface area (Å²) in [5, 5.41) is 0. The third kappa shape index (κ3) is 9.77. The molecule has 0 fully saturated rings. The van der Waals surface area contributed by atoms with E-state index in [1.54, 1.807) is 6.92 Å². The van der Waals surface area contributed by atoms with E-state index in [2.05, 4.69) is 3.79 Å². The molecular weight excluding hydrogens is 166 g/mol. The normalized spacial score (nSPS) is 5.88.